The van der Waals surface area contributed by atoms with Crippen molar-refractivity contribution in [2.24, 2.45) is 5.92 Å². The number of nitrogens with one attached hydrogen (secondary N) is 2. The van der Waals surface area contributed by atoms with E-state index in [0.29, 0.717) is 0 Å². The highest BCUT2D eigenvalue weighted by Crippen LogP contribution is 2.26. The van der Waals surface area contributed by atoms with Gasteiger partial charge >= 0.3 is 0 Å². The fraction of sp³-hybridized carbons (Fsp3) is 0.786. The molecule has 0 saturated carbocycles. The van der Waals surface area contributed by atoms with E-state index in [4.69, 9.17) is 4.74 Å². The lowest BCUT2D eigenvalue weighted by Gasteiger charge is -2.20. The Bertz CT molecular complexity index is 362. The van der Waals surface area contributed by atoms with Crippen molar-refractivity contribution in [3.8, 4) is 0 Å². The number of ether oxygens (including phenoxy) is 1. The van der Waals surface area contributed by atoms with Crippen LogP contribution in [0.15, 0.2) is 0 Å². The summed E-state index contributed by atoms with van der Waals surface area (Å²) in [7, 11) is 1.72. The molecule has 0 radical (unpaired) electrons. The first-order valence-electron chi connectivity index (χ1n) is 7.09. The van der Waals surface area contributed by atoms with E-state index < -0.39 is 0 Å². The summed E-state index contributed by atoms with van der Waals surface area (Å²) in [6.45, 7) is 4.71. The summed E-state index contributed by atoms with van der Waals surface area (Å²) < 4.78 is 5.01. The van der Waals surface area contributed by atoms with Crippen molar-refractivity contribution in [3.05, 3.63) is 17.2 Å². The molecule has 0 fully saturated rings. The molecule has 1 aliphatic rings. The minimum absolute atomic E-state index is 0.749. The minimum Gasteiger partial charge on any atom is -0.383 e. The van der Waals surface area contributed by atoms with Crippen molar-refractivity contribution < 1.29 is 4.74 Å². The third kappa shape index (κ3) is 3.56. The van der Waals surface area contributed by atoms with Crippen LogP contribution < -0.4 is 5.32 Å². The van der Waals surface area contributed by atoms with Gasteiger partial charge in [0.15, 0.2) is 0 Å². The van der Waals surface area contributed by atoms with Crippen molar-refractivity contribution in [3.63, 3.8) is 0 Å². The molecule has 18 heavy (non-hydrogen) atoms. The van der Waals surface area contributed by atoms with Crippen LogP contribution in [0.1, 0.15) is 43.4 Å². The molecule has 4 heteroatoms. The van der Waals surface area contributed by atoms with Crippen LogP contribution in [-0.2, 0) is 24.1 Å². The summed E-state index contributed by atoms with van der Waals surface area (Å²) in [5.41, 5.74) is 2.68. The third-order valence-electron chi connectivity index (χ3n) is 3.67. The van der Waals surface area contributed by atoms with Crippen LogP contribution in [0, 0.1) is 5.92 Å². The van der Waals surface area contributed by atoms with Gasteiger partial charge < -0.3 is 15.0 Å². The second-order valence-electron chi connectivity index (χ2n) is 5.18. The summed E-state index contributed by atoms with van der Waals surface area (Å²) in [5, 5.41) is 3.33. The SMILES string of the molecule is CCCC1CCc2nc(CNCCOC)[nH]c2C1. The lowest BCUT2D eigenvalue weighted by Crippen LogP contribution is -2.19. The number of imidazole rings is 1. The molecule has 4 nitrogen and oxygen atoms in total. The van der Waals surface area contributed by atoms with E-state index in [-0.39, 0.29) is 0 Å². The fourth-order valence-electron chi connectivity index (χ4n) is 2.73. The smallest absolute Gasteiger partial charge is 0.120 e. The van der Waals surface area contributed by atoms with E-state index >= 15 is 0 Å². The van der Waals surface area contributed by atoms with E-state index in [2.05, 4.69) is 22.2 Å². The molecule has 0 amide bonds. The normalized spacial score (nSPS) is 18.9. The monoisotopic (exact) mass is 251 g/mol. The van der Waals surface area contributed by atoms with Crippen LogP contribution in [-0.4, -0.2) is 30.2 Å². The number of hydrogen-bond acceptors (Lipinski definition) is 3. The lowest BCUT2D eigenvalue weighted by atomic mass is 9.87. The van der Waals surface area contributed by atoms with E-state index in [1.807, 2.05) is 0 Å². The number of fused-ring (bicyclic) bond motifs is 1. The summed E-state index contributed by atoms with van der Waals surface area (Å²) in [5.74, 6) is 1.94. The van der Waals surface area contributed by atoms with Gasteiger partial charge in [-0.2, -0.15) is 0 Å². The Morgan fingerprint density at radius 3 is 3.17 bits per heavy atom. The Morgan fingerprint density at radius 1 is 1.50 bits per heavy atom. The van der Waals surface area contributed by atoms with Crippen LogP contribution in [0.2, 0.25) is 0 Å². The molecule has 1 unspecified atom stereocenters. The van der Waals surface area contributed by atoms with Gasteiger partial charge in [0.1, 0.15) is 5.82 Å². The molecule has 1 aliphatic carbocycles. The first kappa shape index (κ1) is 13.6. The lowest BCUT2D eigenvalue weighted by molar-refractivity contribution is 0.199. The first-order chi connectivity index (χ1) is 8.83. The molecule has 1 heterocycles. The maximum atomic E-state index is 5.01. The molecule has 0 bridgehead atoms. The van der Waals surface area contributed by atoms with Crippen LogP contribution in [0.5, 0.6) is 0 Å². The maximum Gasteiger partial charge on any atom is 0.120 e. The van der Waals surface area contributed by atoms with Crippen LogP contribution in [0.25, 0.3) is 0 Å². The second kappa shape index (κ2) is 6.90. The van der Waals surface area contributed by atoms with E-state index in [1.165, 1.54) is 37.1 Å². The topological polar surface area (TPSA) is 49.9 Å². The average Bonchev–Trinajstić information content (AvgIpc) is 2.77. The zero-order valence-electron chi connectivity index (χ0n) is 11.6. The predicted octanol–water partition coefficient (Wildman–Crippen LogP) is 2.05. The largest absolute Gasteiger partial charge is 0.383 e. The van der Waals surface area contributed by atoms with E-state index in [9.17, 15) is 0 Å². The van der Waals surface area contributed by atoms with Crippen LogP contribution in [0.4, 0.5) is 0 Å². The van der Waals surface area contributed by atoms with Gasteiger partial charge in [-0.3, -0.25) is 0 Å². The molecule has 1 aromatic heterocycles. The number of aromatic amines is 1. The molecule has 0 spiro atoms. The van der Waals surface area contributed by atoms with Crippen molar-refractivity contribution in [2.75, 3.05) is 20.3 Å². The average molecular weight is 251 g/mol. The summed E-state index contributed by atoms with van der Waals surface area (Å²) >= 11 is 0. The van der Waals surface area contributed by atoms with Gasteiger partial charge in [0.05, 0.1) is 18.8 Å². The maximum absolute atomic E-state index is 5.01. The second-order valence-corrected chi connectivity index (χ2v) is 5.18. The number of H-pyrrole nitrogens is 1. The zero-order valence-corrected chi connectivity index (χ0v) is 11.6. The number of hydrogen-bond donors (Lipinski definition) is 2. The number of methoxy groups -OCH3 is 1. The molecular formula is C14H25N3O. The van der Waals surface area contributed by atoms with Gasteiger partial charge in [0, 0.05) is 19.3 Å². The molecular weight excluding hydrogens is 226 g/mol. The quantitative estimate of drug-likeness (QED) is 0.729. The Labute approximate surface area is 110 Å². The van der Waals surface area contributed by atoms with Crippen molar-refractivity contribution >= 4 is 0 Å². The minimum atomic E-state index is 0.749. The van der Waals surface area contributed by atoms with Crippen molar-refractivity contribution in [1.82, 2.24) is 15.3 Å². The highest BCUT2D eigenvalue weighted by atomic mass is 16.5. The molecule has 1 atom stereocenters. The van der Waals surface area contributed by atoms with Crippen molar-refractivity contribution in [2.45, 2.75) is 45.6 Å². The van der Waals surface area contributed by atoms with Crippen LogP contribution >= 0.6 is 0 Å². The van der Waals surface area contributed by atoms with Gasteiger partial charge in [-0.25, -0.2) is 4.98 Å². The number of aryl methyl sites for hydroxylation is 1. The molecule has 0 aliphatic heterocycles. The van der Waals surface area contributed by atoms with Crippen molar-refractivity contribution in [1.29, 1.82) is 0 Å². The Balaban J connectivity index is 1.85. The molecule has 0 saturated heterocycles. The molecule has 1 aromatic rings. The molecule has 2 rings (SSSR count). The van der Waals surface area contributed by atoms with Crippen LogP contribution in [0.3, 0.4) is 0 Å². The standard InChI is InChI=1S/C14H25N3O/c1-3-4-11-5-6-12-13(9-11)17-14(16-12)10-15-7-8-18-2/h11,15H,3-10H2,1-2H3,(H,16,17). The summed E-state index contributed by atoms with van der Waals surface area (Å²) in [6, 6.07) is 0. The summed E-state index contributed by atoms with van der Waals surface area (Å²) in [6.07, 6.45) is 6.28. The Kier molecular flexibility index (Phi) is 5.20. The van der Waals surface area contributed by atoms with Gasteiger partial charge in [0.2, 0.25) is 0 Å². The fourth-order valence-corrected chi connectivity index (χ4v) is 2.73. The Morgan fingerprint density at radius 2 is 2.39 bits per heavy atom. The predicted molar refractivity (Wildman–Crippen MR) is 72.6 cm³/mol. The van der Waals surface area contributed by atoms with Gasteiger partial charge in [0.25, 0.3) is 0 Å². The van der Waals surface area contributed by atoms with Gasteiger partial charge in [-0.05, 0) is 25.2 Å². The van der Waals surface area contributed by atoms with Gasteiger partial charge in [-0.15, -0.1) is 0 Å². The highest BCUT2D eigenvalue weighted by molar-refractivity contribution is 5.18. The van der Waals surface area contributed by atoms with Gasteiger partial charge in [-0.1, -0.05) is 19.8 Å². The summed E-state index contributed by atoms with van der Waals surface area (Å²) in [4.78, 5) is 8.17. The van der Waals surface area contributed by atoms with E-state index in [0.717, 1.165) is 37.9 Å². The molecule has 102 valence electrons. The zero-order chi connectivity index (χ0) is 12.8. The number of rotatable bonds is 7. The Hall–Kier alpha value is -0.870. The number of nitrogens with zero attached hydrogens (tertiary/aromatic N) is 1. The highest BCUT2D eigenvalue weighted by Gasteiger charge is 2.21. The third-order valence-corrected chi connectivity index (χ3v) is 3.67. The van der Waals surface area contributed by atoms with E-state index in [1.54, 1.807) is 7.11 Å². The first-order valence-corrected chi connectivity index (χ1v) is 7.09. The molecule has 2 N–H and O–H groups in total. The number of aromatic nitrogens is 2. The molecule has 0 aromatic carbocycles.